The molecule has 2 aliphatic rings. The lowest BCUT2D eigenvalue weighted by atomic mass is 10.2. The van der Waals surface area contributed by atoms with Gasteiger partial charge in [-0.2, -0.15) is 0 Å². The second-order valence-electron chi connectivity index (χ2n) is 5.63. The molecular weight excluding hydrogens is 242 g/mol. The summed E-state index contributed by atoms with van der Waals surface area (Å²) in [6, 6.07) is 0.254. The lowest BCUT2D eigenvalue weighted by Crippen LogP contribution is -2.40. The summed E-state index contributed by atoms with van der Waals surface area (Å²) in [5.41, 5.74) is 5.85. The van der Waals surface area contributed by atoms with Crippen LogP contribution < -0.4 is 5.73 Å². The topological polar surface area (TPSA) is 58.8 Å². The number of hydrogen-bond donors (Lipinski definition) is 1. The van der Waals surface area contributed by atoms with Crippen molar-refractivity contribution in [3.63, 3.8) is 0 Å². The maximum atomic E-state index is 11.5. The molecule has 0 bridgehead atoms. The molecule has 2 N–H and O–H groups in total. The zero-order valence-electron chi connectivity index (χ0n) is 12.0. The Bertz CT molecular complexity index is 298. The second kappa shape index (κ2) is 7.22. The summed E-state index contributed by atoms with van der Waals surface area (Å²) >= 11 is 0. The molecule has 2 rings (SSSR count). The van der Waals surface area contributed by atoms with Gasteiger partial charge < -0.3 is 15.4 Å². The first-order chi connectivity index (χ1) is 9.20. The summed E-state index contributed by atoms with van der Waals surface area (Å²) in [5.74, 6) is -0.264. The summed E-state index contributed by atoms with van der Waals surface area (Å²) in [4.78, 5) is 16.6. The van der Waals surface area contributed by atoms with E-state index < -0.39 is 6.04 Å². The molecule has 2 atom stereocenters. The third-order valence-corrected chi connectivity index (χ3v) is 4.23. The highest BCUT2D eigenvalue weighted by atomic mass is 16.5. The van der Waals surface area contributed by atoms with Crippen LogP contribution in [0, 0.1) is 0 Å². The summed E-state index contributed by atoms with van der Waals surface area (Å²) in [5, 5.41) is 0. The Labute approximate surface area is 116 Å². The highest BCUT2D eigenvalue weighted by molar-refractivity contribution is 5.75. The van der Waals surface area contributed by atoms with E-state index in [2.05, 4.69) is 9.80 Å². The van der Waals surface area contributed by atoms with Gasteiger partial charge in [0, 0.05) is 19.1 Å². The minimum atomic E-state index is -0.470. The van der Waals surface area contributed by atoms with Gasteiger partial charge in [-0.25, -0.2) is 0 Å². The van der Waals surface area contributed by atoms with Crippen LogP contribution in [0.2, 0.25) is 0 Å². The zero-order valence-corrected chi connectivity index (χ0v) is 12.0. The number of hydrogen-bond acceptors (Lipinski definition) is 5. The molecule has 2 fully saturated rings. The lowest BCUT2D eigenvalue weighted by Gasteiger charge is -2.26. The first kappa shape index (κ1) is 14.8. The molecular formula is C14H27N3O2. The highest BCUT2D eigenvalue weighted by Crippen LogP contribution is 2.21. The molecule has 0 radical (unpaired) electrons. The van der Waals surface area contributed by atoms with Crippen molar-refractivity contribution in [1.29, 1.82) is 0 Å². The van der Waals surface area contributed by atoms with Crippen LogP contribution in [0.5, 0.6) is 0 Å². The molecule has 110 valence electrons. The van der Waals surface area contributed by atoms with Gasteiger partial charge in [-0.05, 0) is 52.2 Å². The fraction of sp³-hybridized carbons (Fsp3) is 0.929. The Hall–Kier alpha value is -0.650. The molecule has 0 spiro atoms. The maximum Gasteiger partial charge on any atom is 0.322 e. The Morgan fingerprint density at radius 2 is 2.16 bits per heavy atom. The number of rotatable bonds is 5. The van der Waals surface area contributed by atoms with E-state index in [1.807, 2.05) is 6.92 Å². The molecule has 0 saturated carbocycles. The first-order valence-corrected chi connectivity index (χ1v) is 7.59. The Morgan fingerprint density at radius 1 is 1.37 bits per heavy atom. The predicted molar refractivity (Wildman–Crippen MR) is 74.9 cm³/mol. The third-order valence-electron chi connectivity index (χ3n) is 4.23. The highest BCUT2D eigenvalue weighted by Gasteiger charge is 2.28. The van der Waals surface area contributed by atoms with Gasteiger partial charge in [-0.1, -0.05) is 0 Å². The van der Waals surface area contributed by atoms with Crippen LogP contribution in [0.25, 0.3) is 0 Å². The molecule has 0 aromatic carbocycles. The van der Waals surface area contributed by atoms with Crippen LogP contribution >= 0.6 is 0 Å². The van der Waals surface area contributed by atoms with Gasteiger partial charge in [-0.3, -0.25) is 9.69 Å². The predicted octanol–water partition coefficient (Wildman–Crippen LogP) is 0.437. The molecule has 2 saturated heterocycles. The monoisotopic (exact) mass is 269 g/mol. The maximum absolute atomic E-state index is 11.5. The van der Waals surface area contributed by atoms with Gasteiger partial charge in [0.25, 0.3) is 0 Å². The number of ether oxygens (including phenoxy) is 1. The number of carbonyl (C=O) groups is 1. The van der Waals surface area contributed by atoms with E-state index in [-0.39, 0.29) is 5.97 Å². The van der Waals surface area contributed by atoms with Crippen LogP contribution in [-0.4, -0.2) is 67.2 Å². The average molecular weight is 269 g/mol. The fourth-order valence-corrected chi connectivity index (χ4v) is 3.17. The molecule has 5 nitrogen and oxygen atoms in total. The lowest BCUT2D eigenvalue weighted by molar-refractivity contribution is -0.144. The van der Waals surface area contributed by atoms with E-state index in [0.717, 1.165) is 25.7 Å². The van der Waals surface area contributed by atoms with E-state index in [9.17, 15) is 4.79 Å². The minimum Gasteiger partial charge on any atom is -0.465 e. The number of nitrogens with two attached hydrogens (primary N) is 1. The summed E-state index contributed by atoms with van der Waals surface area (Å²) in [6.07, 6.45) is 4.58. The van der Waals surface area contributed by atoms with Crippen molar-refractivity contribution in [3.05, 3.63) is 0 Å². The van der Waals surface area contributed by atoms with Crippen LogP contribution in [0.15, 0.2) is 0 Å². The third kappa shape index (κ3) is 4.16. The van der Waals surface area contributed by atoms with Crippen molar-refractivity contribution in [2.75, 3.05) is 39.3 Å². The normalized spacial score (nSPS) is 26.7. The van der Waals surface area contributed by atoms with Gasteiger partial charge in [0.15, 0.2) is 0 Å². The zero-order chi connectivity index (χ0) is 13.7. The van der Waals surface area contributed by atoms with Gasteiger partial charge >= 0.3 is 5.97 Å². The summed E-state index contributed by atoms with van der Waals surface area (Å²) in [6.45, 7) is 7.88. The largest absolute Gasteiger partial charge is 0.465 e. The Balaban J connectivity index is 1.74. The van der Waals surface area contributed by atoms with Crippen LogP contribution in [0.4, 0.5) is 0 Å². The van der Waals surface area contributed by atoms with Crippen LogP contribution in [-0.2, 0) is 9.53 Å². The van der Waals surface area contributed by atoms with E-state index in [4.69, 9.17) is 10.5 Å². The van der Waals surface area contributed by atoms with Crippen molar-refractivity contribution >= 4 is 5.97 Å². The minimum absolute atomic E-state index is 0.264. The fourth-order valence-electron chi connectivity index (χ4n) is 3.17. The number of esters is 1. The molecule has 0 aliphatic carbocycles. The second-order valence-corrected chi connectivity index (χ2v) is 5.63. The molecule has 0 amide bonds. The molecule has 0 aromatic rings. The first-order valence-electron chi connectivity index (χ1n) is 7.59. The quantitative estimate of drug-likeness (QED) is 0.734. The molecule has 2 aliphatic heterocycles. The van der Waals surface area contributed by atoms with Crippen molar-refractivity contribution in [1.82, 2.24) is 9.80 Å². The van der Waals surface area contributed by atoms with Gasteiger partial charge in [0.2, 0.25) is 0 Å². The molecule has 2 heterocycles. The van der Waals surface area contributed by atoms with Crippen LogP contribution in [0.3, 0.4) is 0 Å². The van der Waals surface area contributed by atoms with Gasteiger partial charge in [0.1, 0.15) is 6.04 Å². The Kier molecular flexibility index (Phi) is 5.60. The molecule has 2 unspecified atom stereocenters. The summed E-state index contributed by atoms with van der Waals surface area (Å²) in [7, 11) is 0. The SMILES string of the molecule is CCOC(=O)C(N)CCN1CCCN2CCCC2C1. The van der Waals surface area contributed by atoms with Crippen molar-refractivity contribution < 1.29 is 9.53 Å². The van der Waals surface area contributed by atoms with Gasteiger partial charge in [-0.15, -0.1) is 0 Å². The number of nitrogens with zero attached hydrogens (tertiary/aromatic N) is 2. The number of carbonyl (C=O) groups excluding carboxylic acids is 1. The standard InChI is InChI=1S/C14H27N3O2/c1-2-19-14(18)13(15)6-10-16-7-4-9-17-8-3-5-12(17)11-16/h12-13H,2-11,15H2,1H3. The molecule has 0 aromatic heterocycles. The summed E-state index contributed by atoms with van der Waals surface area (Å²) < 4.78 is 4.95. The van der Waals surface area contributed by atoms with E-state index in [0.29, 0.717) is 13.0 Å². The van der Waals surface area contributed by atoms with E-state index in [1.54, 1.807) is 0 Å². The van der Waals surface area contributed by atoms with Crippen LogP contribution in [0.1, 0.15) is 32.6 Å². The van der Waals surface area contributed by atoms with Gasteiger partial charge in [0.05, 0.1) is 6.61 Å². The van der Waals surface area contributed by atoms with Crippen molar-refractivity contribution in [2.24, 2.45) is 5.73 Å². The van der Waals surface area contributed by atoms with E-state index >= 15 is 0 Å². The molecule has 19 heavy (non-hydrogen) atoms. The van der Waals surface area contributed by atoms with E-state index in [1.165, 1.54) is 32.4 Å². The average Bonchev–Trinajstić information content (AvgIpc) is 2.74. The smallest absolute Gasteiger partial charge is 0.322 e. The number of fused-ring (bicyclic) bond motifs is 1. The Morgan fingerprint density at radius 3 is 2.95 bits per heavy atom. The van der Waals surface area contributed by atoms with Crippen molar-refractivity contribution in [2.45, 2.75) is 44.7 Å². The molecule has 5 heteroatoms. The van der Waals surface area contributed by atoms with Crippen molar-refractivity contribution in [3.8, 4) is 0 Å².